The number of amides is 1. The first-order valence-electron chi connectivity index (χ1n) is 11.2. The van der Waals surface area contributed by atoms with Gasteiger partial charge in [-0.15, -0.1) is 0 Å². The topological polar surface area (TPSA) is 56.6 Å². The van der Waals surface area contributed by atoms with Gasteiger partial charge in [-0.3, -0.25) is 4.79 Å². The van der Waals surface area contributed by atoms with Crippen molar-refractivity contribution in [1.29, 1.82) is 5.26 Å². The molecule has 0 unspecified atom stereocenters. The first-order valence-corrected chi connectivity index (χ1v) is 11.2. The van der Waals surface area contributed by atoms with Gasteiger partial charge in [0.25, 0.3) is 0 Å². The Bertz CT molecular complexity index is 893. The van der Waals surface area contributed by atoms with E-state index in [9.17, 15) is 18.0 Å². The molecule has 0 aliphatic carbocycles. The van der Waals surface area contributed by atoms with E-state index in [-0.39, 0.29) is 22.8 Å². The van der Waals surface area contributed by atoms with Crippen LogP contribution < -0.4 is 4.90 Å². The quantitative estimate of drug-likeness (QED) is 0.629. The molecule has 32 heavy (non-hydrogen) atoms. The van der Waals surface area contributed by atoms with E-state index in [0.29, 0.717) is 45.1 Å². The van der Waals surface area contributed by atoms with Crippen LogP contribution in [0.4, 0.5) is 18.9 Å². The second-order valence-corrected chi connectivity index (χ2v) is 9.67. The lowest BCUT2D eigenvalue weighted by Gasteiger charge is -2.45. The number of anilines is 1. The number of fused-ring (bicyclic) bond motifs is 1. The molecule has 0 radical (unpaired) electrons. The number of hydrogen-bond donors (Lipinski definition) is 0. The van der Waals surface area contributed by atoms with Crippen LogP contribution in [0.1, 0.15) is 51.7 Å². The number of nitriles is 1. The summed E-state index contributed by atoms with van der Waals surface area (Å²) in [5.41, 5.74) is -1.62. The highest BCUT2D eigenvalue weighted by atomic mass is 19.4. The molecule has 176 valence electrons. The molecule has 2 aliphatic rings. The van der Waals surface area contributed by atoms with Gasteiger partial charge < -0.3 is 14.5 Å². The minimum absolute atomic E-state index is 0.116. The minimum atomic E-state index is -4.59. The molecular formula is C24H32F3N3O2. The lowest BCUT2D eigenvalue weighted by Crippen LogP contribution is -2.55. The van der Waals surface area contributed by atoms with Crippen LogP contribution in [-0.4, -0.2) is 50.2 Å². The number of benzene rings is 1. The Hall–Kier alpha value is -2.27. The molecule has 1 amide bonds. The van der Waals surface area contributed by atoms with Gasteiger partial charge in [-0.1, -0.05) is 20.8 Å². The van der Waals surface area contributed by atoms with Crippen molar-refractivity contribution in [3.8, 4) is 6.07 Å². The zero-order valence-electron chi connectivity index (χ0n) is 19.3. The molecule has 3 rings (SSSR count). The normalized spacial score (nSPS) is 23.8. The molecule has 2 atom stereocenters. The van der Waals surface area contributed by atoms with E-state index in [1.165, 1.54) is 6.07 Å². The van der Waals surface area contributed by atoms with E-state index in [0.717, 1.165) is 18.9 Å². The summed E-state index contributed by atoms with van der Waals surface area (Å²) < 4.78 is 46.3. The second kappa shape index (κ2) is 8.93. The fourth-order valence-electron chi connectivity index (χ4n) is 4.91. The number of nitrogens with zero attached hydrogens (tertiary/aromatic N) is 3. The zero-order valence-corrected chi connectivity index (χ0v) is 19.3. The summed E-state index contributed by atoms with van der Waals surface area (Å²) >= 11 is 0. The van der Waals surface area contributed by atoms with E-state index in [1.54, 1.807) is 12.1 Å². The summed E-state index contributed by atoms with van der Waals surface area (Å²) in [7, 11) is 0. The van der Waals surface area contributed by atoms with Crippen molar-refractivity contribution in [2.24, 2.45) is 16.7 Å². The fourth-order valence-corrected chi connectivity index (χ4v) is 4.91. The molecule has 0 aromatic heterocycles. The van der Waals surface area contributed by atoms with E-state index in [2.05, 4.69) is 0 Å². The van der Waals surface area contributed by atoms with Crippen molar-refractivity contribution >= 4 is 11.6 Å². The summed E-state index contributed by atoms with van der Waals surface area (Å²) in [6.45, 7) is 11.1. The summed E-state index contributed by atoms with van der Waals surface area (Å²) in [5, 5.41) is 9.09. The van der Waals surface area contributed by atoms with Crippen LogP contribution in [-0.2, 0) is 15.7 Å². The van der Waals surface area contributed by atoms with Crippen LogP contribution in [0.2, 0.25) is 0 Å². The van der Waals surface area contributed by atoms with Gasteiger partial charge in [-0.2, -0.15) is 18.4 Å². The molecule has 0 saturated carbocycles. The third-order valence-electron chi connectivity index (χ3n) is 7.20. The van der Waals surface area contributed by atoms with Gasteiger partial charge in [-0.05, 0) is 43.9 Å². The first-order chi connectivity index (χ1) is 15.0. The molecule has 1 aromatic carbocycles. The SMILES string of the molecule is CCOC[C@]12CN(C(=O)C(C)(C)CC)CC[C@H]1CN(c1ccc(C#N)c(C(F)(F)F)c1)C2. The Morgan fingerprint density at radius 1 is 1.28 bits per heavy atom. The van der Waals surface area contributed by atoms with Crippen molar-refractivity contribution in [3.63, 3.8) is 0 Å². The molecule has 2 saturated heterocycles. The Kier molecular flexibility index (Phi) is 6.80. The number of likely N-dealkylation sites (tertiary alicyclic amines) is 1. The van der Waals surface area contributed by atoms with E-state index >= 15 is 0 Å². The number of carbonyl (C=O) groups is 1. The average molecular weight is 452 g/mol. The van der Waals surface area contributed by atoms with Gasteiger partial charge in [0.15, 0.2) is 0 Å². The van der Waals surface area contributed by atoms with Crippen molar-refractivity contribution in [2.75, 3.05) is 44.3 Å². The van der Waals surface area contributed by atoms with Crippen molar-refractivity contribution in [3.05, 3.63) is 29.3 Å². The minimum Gasteiger partial charge on any atom is -0.381 e. The predicted octanol–water partition coefficient (Wildman–Crippen LogP) is 4.70. The van der Waals surface area contributed by atoms with Gasteiger partial charge in [0, 0.05) is 49.3 Å². The van der Waals surface area contributed by atoms with Crippen LogP contribution in [0.5, 0.6) is 0 Å². The molecule has 0 N–H and O–H groups in total. The molecule has 5 nitrogen and oxygen atoms in total. The van der Waals surface area contributed by atoms with Gasteiger partial charge in [-0.25, -0.2) is 0 Å². The lowest BCUT2D eigenvalue weighted by atomic mass is 9.73. The van der Waals surface area contributed by atoms with Crippen LogP contribution in [0.25, 0.3) is 0 Å². The standard InChI is InChI=1S/C24H32F3N3O2/c1-5-22(3,4)21(31)29-10-9-18-13-30(15-23(18,14-29)16-32-6-2)19-8-7-17(12-28)20(11-19)24(25,26)27/h7-8,11,18H,5-6,9-10,13-16H2,1-4H3/t18-,23+/m0/s1. The number of piperidine rings is 1. The monoisotopic (exact) mass is 451 g/mol. The number of halogens is 3. The molecule has 2 aliphatic heterocycles. The predicted molar refractivity (Wildman–Crippen MR) is 116 cm³/mol. The third kappa shape index (κ3) is 4.59. The highest BCUT2D eigenvalue weighted by molar-refractivity contribution is 5.82. The highest BCUT2D eigenvalue weighted by Gasteiger charge is 2.52. The number of hydrogen-bond acceptors (Lipinski definition) is 4. The Morgan fingerprint density at radius 3 is 2.59 bits per heavy atom. The Labute approximate surface area is 188 Å². The molecule has 0 bridgehead atoms. The van der Waals surface area contributed by atoms with Crippen LogP contribution in [0, 0.1) is 28.1 Å². The van der Waals surface area contributed by atoms with Gasteiger partial charge in [0.2, 0.25) is 5.91 Å². The van der Waals surface area contributed by atoms with Crippen LogP contribution in [0.3, 0.4) is 0 Å². The smallest absolute Gasteiger partial charge is 0.381 e. The highest BCUT2D eigenvalue weighted by Crippen LogP contribution is 2.46. The van der Waals surface area contributed by atoms with Crippen LogP contribution in [0.15, 0.2) is 18.2 Å². The lowest BCUT2D eigenvalue weighted by molar-refractivity contribution is -0.146. The maximum Gasteiger partial charge on any atom is 0.417 e. The number of carbonyl (C=O) groups excluding carboxylic acids is 1. The molecular weight excluding hydrogens is 419 g/mol. The number of ether oxygens (including phenoxy) is 1. The van der Waals surface area contributed by atoms with Crippen molar-refractivity contribution in [2.45, 2.75) is 46.7 Å². The van der Waals surface area contributed by atoms with Gasteiger partial charge >= 0.3 is 6.18 Å². The van der Waals surface area contributed by atoms with E-state index < -0.39 is 17.2 Å². The maximum atomic E-state index is 13.5. The third-order valence-corrected chi connectivity index (χ3v) is 7.20. The number of rotatable bonds is 6. The maximum absolute atomic E-state index is 13.5. The molecule has 1 aromatic rings. The largest absolute Gasteiger partial charge is 0.417 e. The zero-order chi connectivity index (χ0) is 23.7. The van der Waals surface area contributed by atoms with Gasteiger partial charge in [0.05, 0.1) is 23.8 Å². The summed E-state index contributed by atoms with van der Waals surface area (Å²) in [5.74, 6) is 0.332. The average Bonchev–Trinajstić information content (AvgIpc) is 3.15. The van der Waals surface area contributed by atoms with Crippen molar-refractivity contribution < 1.29 is 22.7 Å². The molecule has 0 spiro atoms. The number of alkyl halides is 3. The van der Waals surface area contributed by atoms with Gasteiger partial charge in [0.1, 0.15) is 0 Å². The summed E-state index contributed by atoms with van der Waals surface area (Å²) in [4.78, 5) is 17.0. The fraction of sp³-hybridized carbons (Fsp3) is 0.667. The Morgan fingerprint density at radius 2 is 2.00 bits per heavy atom. The van der Waals surface area contributed by atoms with E-state index in [4.69, 9.17) is 10.00 Å². The molecule has 2 heterocycles. The van der Waals surface area contributed by atoms with E-state index in [1.807, 2.05) is 37.5 Å². The molecule has 8 heteroatoms. The summed E-state index contributed by atoms with van der Waals surface area (Å²) in [6.07, 6.45) is -3.06. The molecule has 2 fully saturated rings. The van der Waals surface area contributed by atoms with Crippen LogP contribution >= 0.6 is 0 Å². The Balaban J connectivity index is 1.91. The summed E-state index contributed by atoms with van der Waals surface area (Å²) in [6, 6.07) is 5.55. The van der Waals surface area contributed by atoms with Crippen molar-refractivity contribution in [1.82, 2.24) is 4.90 Å². The second-order valence-electron chi connectivity index (χ2n) is 9.67. The first kappa shape index (κ1) is 24.4.